The van der Waals surface area contributed by atoms with Gasteiger partial charge in [-0.3, -0.25) is 10.1 Å². The van der Waals surface area contributed by atoms with E-state index >= 15 is 0 Å². The van der Waals surface area contributed by atoms with Gasteiger partial charge in [-0.05, 0) is 41.1 Å². The van der Waals surface area contributed by atoms with Gasteiger partial charge in [0.1, 0.15) is 12.1 Å². The second-order valence-corrected chi connectivity index (χ2v) is 10.4. The van der Waals surface area contributed by atoms with Gasteiger partial charge in [0.2, 0.25) is 0 Å². The van der Waals surface area contributed by atoms with E-state index < -0.39 is 4.92 Å². The summed E-state index contributed by atoms with van der Waals surface area (Å²) < 4.78 is 1.78. The third-order valence-corrected chi connectivity index (χ3v) is 8.34. The molecule has 4 aromatic rings. The molecule has 0 saturated heterocycles. The lowest BCUT2D eigenvalue weighted by atomic mass is 10.3. The van der Waals surface area contributed by atoms with E-state index in [1.165, 1.54) is 29.2 Å². The zero-order valence-electron chi connectivity index (χ0n) is 16.3. The predicted octanol–water partition coefficient (Wildman–Crippen LogP) is 7.03. The number of nitriles is 2. The average Bonchev–Trinajstić information content (AvgIpc) is 3.44. The third-order valence-electron chi connectivity index (χ3n) is 3.89. The van der Waals surface area contributed by atoms with Crippen LogP contribution in [0.3, 0.4) is 0 Å². The van der Waals surface area contributed by atoms with Crippen molar-refractivity contribution in [3.8, 4) is 12.1 Å². The van der Waals surface area contributed by atoms with Crippen LogP contribution in [0.4, 0.5) is 11.4 Å². The van der Waals surface area contributed by atoms with Gasteiger partial charge in [-0.2, -0.15) is 10.5 Å². The van der Waals surface area contributed by atoms with Gasteiger partial charge in [0.15, 0.2) is 0 Å². The molecule has 0 radical (unpaired) electrons. The molecular formula is C22H14N4O2S4. The highest BCUT2D eigenvalue weighted by atomic mass is 32.2. The second-order valence-electron chi connectivity index (χ2n) is 5.93. The van der Waals surface area contributed by atoms with Crippen LogP contribution >= 0.6 is 46.2 Å². The average molecular weight is 495 g/mol. The minimum absolute atomic E-state index is 0.0646. The van der Waals surface area contributed by atoms with Crippen LogP contribution in [-0.4, -0.2) is 4.92 Å². The highest BCUT2D eigenvalue weighted by Gasteiger charge is 2.15. The van der Waals surface area contributed by atoms with Crippen molar-refractivity contribution in [2.24, 2.45) is 0 Å². The first-order valence-electron chi connectivity index (χ1n) is 8.92. The van der Waals surface area contributed by atoms with Crippen LogP contribution in [-0.2, 0) is 0 Å². The molecule has 0 aliphatic rings. The van der Waals surface area contributed by atoms with E-state index in [-0.39, 0.29) is 5.69 Å². The Morgan fingerprint density at radius 1 is 0.812 bits per heavy atom. The molecule has 0 bridgehead atoms. The van der Waals surface area contributed by atoms with Crippen molar-refractivity contribution in [3.05, 3.63) is 92.7 Å². The summed E-state index contributed by atoms with van der Waals surface area (Å²) in [5.74, 6) is 0. The fourth-order valence-electron chi connectivity index (χ4n) is 2.38. The summed E-state index contributed by atoms with van der Waals surface area (Å²) in [6.07, 6.45) is 0. The van der Waals surface area contributed by atoms with Crippen LogP contribution in [0.2, 0.25) is 0 Å². The number of nitrogens with zero attached hydrogens (tertiary/aromatic N) is 3. The number of hydrogen-bond donors (Lipinski definition) is 1. The number of nitro benzene ring substituents is 1. The molecule has 0 fully saturated rings. The number of thiophene rings is 2. The number of rotatable bonds is 5. The van der Waals surface area contributed by atoms with Gasteiger partial charge in [-0.25, -0.2) is 0 Å². The standard InChI is InChI=1S/C11H6N2O2S2.C11H8N2S2/c12-7-8-5-6-16-11(8)17-10-4-2-1-3-9(10)13(14)15;12-7-8-5-6-14-11(8)15-10-4-2-1-3-9(10)13/h1-6H;1-6H,13H2. The minimum Gasteiger partial charge on any atom is -0.398 e. The van der Waals surface area contributed by atoms with E-state index in [9.17, 15) is 10.1 Å². The molecule has 10 heteroatoms. The van der Waals surface area contributed by atoms with E-state index in [4.69, 9.17) is 16.3 Å². The fraction of sp³-hybridized carbons (Fsp3) is 0. The molecule has 2 N–H and O–H groups in total. The van der Waals surface area contributed by atoms with Crippen molar-refractivity contribution >= 4 is 57.6 Å². The van der Waals surface area contributed by atoms with E-state index in [1.54, 1.807) is 52.7 Å². The number of para-hydroxylation sites is 2. The molecule has 32 heavy (non-hydrogen) atoms. The zero-order chi connectivity index (χ0) is 22.9. The Morgan fingerprint density at radius 2 is 1.31 bits per heavy atom. The molecule has 0 atom stereocenters. The summed E-state index contributed by atoms with van der Waals surface area (Å²) in [5, 5.41) is 32.3. The van der Waals surface area contributed by atoms with Gasteiger partial charge in [0.05, 0.1) is 29.4 Å². The molecule has 0 unspecified atom stereocenters. The van der Waals surface area contributed by atoms with E-state index in [2.05, 4.69) is 12.1 Å². The molecule has 2 aromatic heterocycles. The summed E-state index contributed by atoms with van der Waals surface area (Å²) in [6.45, 7) is 0. The molecule has 0 spiro atoms. The van der Waals surface area contributed by atoms with Crippen molar-refractivity contribution < 1.29 is 4.92 Å². The molecule has 6 nitrogen and oxygen atoms in total. The minimum atomic E-state index is -0.415. The Kier molecular flexibility index (Phi) is 8.31. The maximum Gasteiger partial charge on any atom is 0.283 e. The molecule has 0 amide bonds. The Bertz CT molecular complexity index is 1320. The predicted molar refractivity (Wildman–Crippen MR) is 130 cm³/mol. The van der Waals surface area contributed by atoms with Crippen LogP contribution in [0.5, 0.6) is 0 Å². The lowest BCUT2D eigenvalue weighted by molar-refractivity contribution is -0.387. The van der Waals surface area contributed by atoms with Crippen molar-refractivity contribution in [3.63, 3.8) is 0 Å². The van der Waals surface area contributed by atoms with Gasteiger partial charge in [-0.15, -0.1) is 22.7 Å². The van der Waals surface area contributed by atoms with Crippen LogP contribution in [0, 0.1) is 32.8 Å². The molecular weight excluding hydrogens is 481 g/mol. The normalized spacial score (nSPS) is 9.81. The first kappa shape index (κ1) is 23.4. The van der Waals surface area contributed by atoms with E-state index in [0.29, 0.717) is 16.0 Å². The van der Waals surface area contributed by atoms with Crippen molar-refractivity contribution in [1.82, 2.24) is 0 Å². The van der Waals surface area contributed by atoms with Gasteiger partial charge in [0.25, 0.3) is 5.69 Å². The molecule has 2 aromatic carbocycles. The van der Waals surface area contributed by atoms with Crippen LogP contribution in [0.1, 0.15) is 11.1 Å². The van der Waals surface area contributed by atoms with Crippen LogP contribution in [0.25, 0.3) is 0 Å². The first-order chi connectivity index (χ1) is 15.5. The summed E-state index contributed by atoms with van der Waals surface area (Å²) >= 11 is 5.77. The van der Waals surface area contributed by atoms with Crippen molar-refractivity contribution in [1.29, 1.82) is 10.5 Å². The monoisotopic (exact) mass is 494 g/mol. The summed E-state index contributed by atoms with van der Waals surface area (Å²) in [6, 6.07) is 21.9. The summed E-state index contributed by atoms with van der Waals surface area (Å²) in [4.78, 5) is 12.0. The number of nitrogens with two attached hydrogens (primary N) is 1. The SMILES string of the molecule is N#Cc1ccsc1Sc1ccccc1N.N#Cc1ccsc1Sc1ccccc1[N+](=O)[O-]. The number of anilines is 1. The Morgan fingerprint density at radius 3 is 1.84 bits per heavy atom. The van der Waals surface area contributed by atoms with Crippen LogP contribution in [0.15, 0.2) is 89.6 Å². The quantitative estimate of drug-likeness (QED) is 0.180. The molecule has 0 aliphatic heterocycles. The highest BCUT2D eigenvalue weighted by Crippen LogP contribution is 2.39. The molecule has 4 rings (SSSR count). The largest absolute Gasteiger partial charge is 0.398 e. The smallest absolute Gasteiger partial charge is 0.283 e. The molecule has 2 heterocycles. The van der Waals surface area contributed by atoms with Crippen molar-refractivity contribution in [2.45, 2.75) is 18.2 Å². The van der Waals surface area contributed by atoms with E-state index in [1.807, 2.05) is 35.7 Å². The number of nitrogen functional groups attached to an aromatic ring is 1. The fourth-order valence-corrected chi connectivity index (χ4v) is 6.35. The zero-order valence-corrected chi connectivity index (χ0v) is 19.6. The van der Waals surface area contributed by atoms with Crippen molar-refractivity contribution in [2.75, 3.05) is 5.73 Å². The summed E-state index contributed by atoms with van der Waals surface area (Å²) in [7, 11) is 0. The van der Waals surface area contributed by atoms with Gasteiger partial charge in [-0.1, -0.05) is 47.8 Å². The maximum absolute atomic E-state index is 10.8. The second kappa shape index (κ2) is 11.4. The molecule has 0 saturated carbocycles. The summed E-state index contributed by atoms with van der Waals surface area (Å²) in [5.41, 5.74) is 7.91. The Labute approximate surface area is 201 Å². The van der Waals surface area contributed by atoms with Gasteiger partial charge >= 0.3 is 0 Å². The molecule has 158 valence electrons. The number of benzene rings is 2. The lowest BCUT2D eigenvalue weighted by Gasteiger charge is -2.02. The first-order valence-corrected chi connectivity index (χ1v) is 12.3. The Hall–Kier alpha value is -3.28. The topological polar surface area (TPSA) is 117 Å². The molecule has 0 aliphatic carbocycles. The lowest BCUT2D eigenvalue weighted by Crippen LogP contribution is -1.89. The Balaban J connectivity index is 0.000000182. The highest BCUT2D eigenvalue weighted by molar-refractivity contribution is 8.01. The third kappa shape index (κ3) is 5.90. The van der Waals surface area contributed by atoms with Gasteiger partial charge < -0.3 is 5.73 Å². The van der Waals surface area contributed by atoms with Crippen LogP contribution < -0.4 is 5.73 Å². The number of hydrogen-bond acceptors (Lipinski definition) is 9. The maximum atomic E-state index is 10.8. The number of nitro groups is 1. The van der Waals surface area contributed by atoms with E-state index in [0.717, 1.165) is 19.0 Å². The van der Waals surface area contributed by atoms with Gasteiger partial charge in [0, 0.05) is 16.6 Å².